The molecule has 2 aromatic rings. The molecule has 0 bridgehead atoms. The van der Waals surface area contributed by atoms with Crippen molar-refractivity contribution in [1.29, 1.82) is 0 Å². The summed E-state index contributed by atoms with van der Waals surface area (Å²) in [4.78, 5) is 38.8. The third kappa shape index (κ3) is 4.16. The summed E-state index contributed by atoms with van der Waals surface area (Å²) < 4.78 is 5.41. The van der Waals surface area contributed by atoms with Crippen LogP contribution in [0.2, 0.25) is 0 Å². The van der Waals surface area contributed by atoms with Gasteiger partial charge in [-0.05, 0) is 49.6 Å². The Labute approximate surface area is 164 Å². The lowest BCUT2D eigenvalue weighted by Gasteiger charge is -2.17. The number of hydrogen-bond acceptors (Lipinski definition) is 4. The van der Waals surface area contributed by atoms with Crippen LogP contribution in [-0.2, 0) is 4.79 Å². The van der Waals surface area contributed by atoms with Crippen LogP contribution in [0.3, 0.4) is 0 Å². The fraction of sp³-hybridized carbons (Fsp3) is 0.409. The minimum Gasteiger partial charge on any atom is -0.427 e. The predicted molar refractivity (Wildman–Crippen MR) is 109 cm³/mol. The van der Waals surface area contributed by atoms with Gasteiger partial charge in [0.25, 0.3) is 5.91 Å². The van der Waals surface area contributed by atoms with E-state index in [1.807, 2.05) is 13.0 Å². The van der Waals surface area contributed by atoms with Crippen LogP contribution < -0.4 is 15.8 Å². The number of amides is 2. The number of carbonyl (C=O) groups is 2. The van der Waals surface area contributed by atoms with Crippen molar-refractivity contribution in [1.82, 2.24) is 0 Å². The number of carbonyl (C=O) groups excluding carboxylic acids is 2. The van der Waals surface area contributed by atoms with Gasteiger partial charge in [0, 0.05) is 30.3 Å². The van der Waals surface area contributed by atoms with Gasteiger partial charge in [-0.3, -0.25) is 9.59 Å². The van der Waals surface area contributed by atoms with E-state index in [4.69, 9.17) is 4.42 Å². The summed E-state index contributed by atoms with van der Waals surface area (Å²) in [5, 5.41) is 2.76. The van der Waals surface area contributed by atoms with Crippen LogP contribution in [0.1, 0.15) is 67.1 Å². The van der Waals surface area contributed by atoms with Gasteiger partial charge in [0.2, 0.25) is 5.91 Å². The van der Waals surface area contributed by atoms with E-state index in [9.17, 15) is 14.4 Å². The molecule has 0 radical (unpaired) electrons. The molecule has 1 fully saturated rings. The topological polar surface area (TPSA) is 79.6 Å². The molecule has 28 heavy (non-hydrogen) atoms. The molecule has 1 aromatic heterocycles. The van der Waals surface area contributed by atoms with Gasteiger partial charge < -0.3 is 14.6 Å². The second-order valence-corrected chi connectivity index (χ2v) is 7.34. The highest BCUT2D eigenvalue weighted by Gasteiger charge is 2.23. The van der Waals surface area contributed by atoms with Crippen molar-refractivity contribution in [3.8, 4) is 0 Å². The van der Waals surface area contributed by atoms with Gasteiger partial charge in [0.05, 0.1) is 0 Å². The summed E-state index contributed by atoms with van der Waals surface area (Å²) in [5.41, 5.74) is 1.26. The van der Waals surface area contributed by atoms with Crippen molar-refractivity contribution in [3.63, 3.8) is 0 Å². The van der Waals surface area contributed by atoms with Crippen LogP contribution in [0.4, 0.5) is 11.4 Å². The third-order valence-corrected chi connectivity index (χ3v) is 5.09. The lowest BCUT2D eigenvalue weighted by atomic mass is 10.0. The van der Waals surface area contributed by atoms with E-state index in [-0.39, 0.29) is 17.4 Å². The zero-order valence-electron chi connectivity index (χ0n) is 16.6. The third-order valence-electron chi connectivity index (χ3n) is 5.09. The predicted octanol–water partition coefficient (Wildman–Crippen LogP) is 4.23. The Hall–Kier alpha value is -2.89. The molecule has 2 amide bonds. The molecule has 2 heterocycles. The number of aryl methyl sites for hydroxylation is 1. The normalized spacial score (nSPS) is 15.0. The van der Waals surface area contributed by atoms with Gasteiger partial charge in [-0.1, -0.05) is 26.3 Å². The SMILES string of the molecule is CCCC(C)c1cc(C)c(C(=O)Nc2cccc(N3CCCC3=O)c2)c(=O)o1. The molecule has 1 aromatic carbocycles. The number of nitrogens with one attached hydrogen (secondary N) is 1. The summed E-state index contributed by atoms with van der Waals surface area (Å²) in [6, 6.07) is 8.87. The Morgan fingerprint density at radius 1 is 1.29 bits per heavy atom. The van der Waals surface area contributed by atoms with Crippen molar-refractivity contribution < 1.29 is 14.0 Å². The molecule has 6 heteroatoms. The molecule has 1 aliphatic rings. The molecule has 0 spiro atoms. The number of nitrogens with zero attached hydrogens (tertiary/aromatic N) is 1. The summed E-state index contributed by atoms with van der Waals surface area (Å²) >= 11 is 0. The summed E-state index contributed by atoms with van der Waals surface area (Å²) in [7, 11) is 0. The van der Waals surface area contributed by atoms with E-state index >= 15 is 0 Å². The molecule has 1 atom stereocenters. The van der Waals surface area contributed by atoms with E-state index in [1.54, 1.807) is 36.1 Å². The zero-order chi connectivity index (χ0) is 20.3. The average Bonchev–Trinajstić information content (AvgIpc) is 3.07. The van der Waals surface area contributed by atoms with Gasteiger partial charge in [-0.15, -0.1) is 0 Å². The van der Waals surface area contributed by atoms with Crippen LogP contribution in [0.25, 0.3) is 0 Å². The van der Waals surface area contributed by atoms with Gasteiger partial charge >= 0.3 is 5.63 Å². The van der Waals surface area contributed by atoms with Crippen LogP contribution in [0, 0.1) is 6.92 Å². The molecule has 1 unspecified atom stereocenters. The minimum absolute atomic E-state index is 0.00935. The Kier molecular flexibility index (Phi) is 5.97. The van der Waals surface area contributed by atoms with E-state index in [0.717, 1.165) is 24.9 Å². The molecular formula is C22H26N2O4. The van der Waals surface area contributed by atoms with Crippen molar-refractivity contribution in [2.75, 3.05) is 16.8 Å². The van der Waals surface area contributed by atoms with Crippen molar-refractivity contribution >= 4 is 23.2 Å². The van der Waals surface area contributed by atoms with Gasteiger partial charge in [0.1, 0.15) is 11.3 Å². The summed E-state index contributed by atoms with van der Waals surface area (Å²) in [6.07, 6.45) is 3.27. The molecule has 0 aliphatic carbocycles. The first kappa shape index (κ1) is 19.9. The van der Waals surface area contributed by atoms with E-state index < -0.39 is 11.5 Å². The first-order chi connectivity index (χ1) is 13.4. The fourth-order valence-electron chi connectivity index (χ4n) is 3.59. The maximum Gasteiger partial charge on any atom is 0.349 e. The molecule has 1 N–H and O–H groups in total. The van der Waals surface area contributed by atoms with Crippen LogP contribution in [-0.4, -0.2) is 18.4 Å². The Morgan fingerprint density at radius 2 is 2.07 bits per heavy atom. The second-order valence-electron chi connectivity index (χ2n) is 7.34. The van der Waals surface area contributed by atoms with Crippen LogP contribution >= 0.6 is 0 Å². The van der Waals surface area contributed by atoms with E-state index in [2.05, 4.69) is 12.2 Å². The summed E-state index contributed by atoms with van der Waals surface area (Å²) in [5.74, 6) is 0.307. The molecule has 1 saturated heterocycles. The molecule has 148 valence electrons. The molecule has 1 aliphatic heterocycles. The quantitative estimate of drug-likeness (QED) is 0.811. The lowest BCUT2D eigenvalue weighted by Crippen LogP contribution is -2.25. The maximum atomic E-state index is 12.7. The van der Waals surface area contributed by atoms with E-state index in [0.29, 0.717) is 30.0 Å². The number of hydrogen-bond donors (Lipinski definition) is 1. The highest BCUT2D eigenvalue weighted by atomic mass is 16.4. The van der Waals surface area contributed by atoms with Crippen molar-refractivity contribution in [3.05, 3.63) is 57.6 Å². The summed E-state index contributed by atoms with van der Waals surface area (Å²) in [6.45, 7) is 6.50. The van der Waals surface area contributed by atoms with Gasteiger partial charge in [-0.25, -0.2) is 4.79 Å². The highest BCUT2D eigenvalue weighted by Crippen LogP contribution is 2.25. The van der Waals surface area contributed by atoms with E-state index in [1.165, 1.54) is 0 Å². The van der Waals surface area contributed by atoms with Crippen molar-refractivity contribution in [2.24, 2.45) is 0 Å². The molecule has 3 rings (SSSR count). The number of benzene rings is 1. The lowest BCUT2D eigenvalue weighted by molar-refractivity contribution is -0.117. The Balaban J connectivity index is 1.82. The van der Waals surface area contributed by atoms with Crippen LogP contribution in [0.15, 0.2) is 39.5 Å². The van der Waals surface area contributed by atoms with Gasteiger partial charge in [-0.2, -0.15) is 0 Å². The average molecular weight is 382 g/mol. The van der Waals surface area contributed by atoms with Crippen molar-refractivity contribution in [2.45, 2.75) is 52.4 Å². The number of rotatable bonds is 6. The fourth-order valence-corrected chi connectivity index (χ4v) is 3.59. The first-order valence-electron chi connectivity index (χ1n) is 9.77. The van der Waals surface area contributed by atoms with Crippen LogP contribution in [0.5, 0.6) is 0 Å². The standard InChI is InChI=1S/C22H26N2O4/c1-4-7-14(2)18-12-15(3)20(22(27)28-18)21(26)23-16-8-5-9-17(13-16)24-11-6-10-19(24)25/h5,8-9,12-14H,4,6-7,10-11H2,1-3H3,(H,23,26). The maximum absolute atomic E-state index is 12.7. The van der Waals surface area contributed by atoms with Gasteiger partial charge in [0.15, 0.2) is 0 Å². The minimum atomic E-state index is -0.624. The Morgan fingerprint density at radius 3 is 2.71 bits per heavy atom. The zero-order valence-corrected chi connectivity index (χ0v) is 16.6. The molecule has 6 nitrogen and oxygen atoms in total. The smallest absolute Gasteiger partial charge is 0.349 e. The Bertz CT molecular complexity index is 948. The second kappa shape index (κ2) is 8.42. The number of anilines is 2. The molecular weight excluding hydrogens is 356 g/mol. The monoisotopic (exact) mass is 382 g/mol. The first-order valence-corrected chi connectivity index (χ1v) is 9.77. The largest absolute Gasteiger partial charge is 0.427 e. The highest BCUT2D eigenvalue weighted by molar-refractivity contribution is 6.05. The molecule has 0 saturated carbocycles.